The Balaban J connectivity index is 1.03. The van der Waals surface area contributed by atoms with Crippen LogP contribution in [0.15, 0.2) is 186 Å². The highest BCUT2D eigenvalue weighted by Gasteiger charge is 2.20. The van der Waals surface area contributed by atoms with Crippen LogP contribution >= 0.6 is 0 Å². The van der Waals surface area contributed by atoms with Crippen molar-refractivity contribution in [3.05, 3.63) is 182 Å². The van der Waals surface area contributed by atoms with E-state index < -0.39 is 0 Å². The molecular weight excluding hydrogens is 673 g/mol. The van der Waals surface area contributed by atoms with Gasteiger partial charge in [0, 0.05) is 54.5 Å². The number of hydrogen-bond acceptors (Lipinski definition) is 3. The molecule has 5 nitrogen and oxygen atoms in total. The number of aromatic nitrogens is 4. The lowest BCUT2D eigenvalue weighted by molar-refractivity contribution is 0.670. The summed E-state index contributed by atoms with van der Waals surface area (Å²) < 4.78 is 11.0. The minimum absolute atomic E-state index is 0.638. The molecule has 0 N–H and O–H groups in total. The van der Waals surface area contributed by atoms with E-state index in [2.05, 4.69) is 173 Å². The van der Waals surface area contributed by atoms with E-state index in [1.165, 1.54) is 21.8 Å². The first-order valence-corrected chi connectivity index (χ1v) is 18.6. The number of nitrogens with zero attached hydrogens (tertiary/aromatic N) is 4. The van der Waals surface area contributed by atoms with E-state index in [9.17, 15) is 0 Å². The summed E-state index contributed by atoms with van der Waals surface area (Å²) in [6.45, 7) is 0. The Morgan fingerprint density at radius 2 is 0.945 bits per heavy atom. The van der Waals surface area contributed by atoms with Crippen LogP contribution in [0.1, 0.15) is 0 Å². The smallest absolute Gasteiger partial charge is 0.235 e. The minimum Gasteiger partial charge on any atom is -0.455 e. The third kappa shape index (κ3) is 4.41. The van der Waals surface area contributed by atoms with E-state index >= 15 is 0 Å². The molecule has 12 aromatic rings. The fourth-order valence-corrected chi connectivity index (χ4v) is 8.68. The summed E-state index contributed by atoms with van der Waals surface area (Å²) in [6, 6.07) is 64.2. The Morgan fingerprint density at radius 1 is 0.382 bits per heavy atom. The van der Waals surface area contributed by atoms with Crippen molar-refractivity contribution in [2.75, 3.05) is 0 Å². The van der Waals surface area contributed by atoms with Gasteiger partial charge in [-0.05, 0) is 60.2 Å². The van der Waals surface area contributed by atoms with Crippen LogP contribution in [-0.4, -0.2) is 19.1 Å². The molecule has 0 saturated carbocycles. The van der Waals surface area contributed by atoms with Crippen molar-refractivity contribution in [3.63, 3.8) is 0 Å². The molecule has 0 aliphatic rings. The predicted molar refractivity (Wildman–Crippen MR) is 226 cm³/mol. The predicted octanol–water partition coefficient (Wildman–Crippen LogP) is 13.1. The highest BCUT2D eigenvalue weighted by atomic mass is 16.3. The van der Waals surface area contributed by atoms with Crippen molar-refractivity contribution < 1.29 is 4.42 Å². The van der Waals surface area contributed by atoms with Crippen LogP contribution in [0.2, 0.25) is 0 Å². The molecular formula is C50H30N4O. The van der Waals surface area contributed by atoms with Gasteiger partial charge in [0.15, 0.2) is 0 Å². The maximum atomic E-state index is 6.45. The van der Waals surface area contributed by atoms with E-state index in [-0.39, 0.29) is 0 Å². The first kappa shape index (κ1) is 30.0. The molecule has 0 spiro atoms. The fourth-order valence-electron chi connectivity index (χ4n) is 8.68. The molecule has 0 aliphatic carbocycles. The molecule has 55 heavy (non-hydrogen) atoms. The maximum Gasteiger partial charge on any atom is 0.235 e. The quantitative estimate of drug-likeness (QED) is 0.183. The lowest BCUT2D eigenvalue weighted by Crippen LogP contribution is -2.03. The van der Waals surface area contributed by atoms with Crippen LogP contribution < -0.4 is 0 Å². The van der Waals surface area contributed by atoms with Crippen LogP contribution in [0, 0.1) is 0 Å². The van der Waals surface area contributed by atoms with Gasteiger partial charge in [0.2, 0.25) is 5.95 Å². The molecule has 0 saturated heterocycles. The summed E-state index contributed by atoms with van der Waals surface area (Å²) in [6.07, 6.45) is 0. The normalized spacial score (nSPS) is 12.0. The zero-order valence-corrected chi connectivity index (χ0v) is 29.5. The zero-order valence-electron chi connectivity index (χ0n) is 29.5. The number of rotatable bonds is 4. The summed E-state index contributed by atoms with van der Waals surface area (Å²) in [7, 11) is 0. The number of furan rings is 1. The van der Waals surface area contributed by atoms with E-state index in [0.29, 0.717) is 5.95 Å². The highest BCUT2D eigenvalue weighted by molar-refractivity contribution is 6.13. The number of benzene rings is 8. The van der Waals surface area contributed by atoms with E-state index in [1.807, 2.05) is 18.2 Å². The van der Waals surface area contributed by atoms with Crippen molar-refractivity contribution in [2.24, 2.45) is 0 Å². The Labute approximate surface area is 315 Å². The molecule has 256 valence electrons. The summed E-state index contributed by atoms with van der Waals surface area (Å²) in [5.74, 6) is 0.638. The molecule has 0 amide bonds. The molecule has 0 unspecified atom stereocenters. The molecule has 12 rings (SSSR count). The zero-order chi connectivity index (χ0) is 36.0. The average molecular weight is 703 g/mol. The van der Waals surface area contributed by atoms with Gasteiger partial charge in [-0.1, -0.05) is 127 Å². The first-order valence-electron chi connectivity index (χ1n) is 18.6. The first-order chi connectivity index (χ1) is 27.3. The van der Waals surface area contributed by atoms with Gasteiger partial charge in [-0.15, -0.1) is 0 Å². The number of para-hydroxylation sites is 6. The fraction of sp³-hybridized carbons (Fsp3) is 0. The monoisotopic (exact) mass is 702 g/mol. The second-order valence-corrected chi connectivity index (χ2v) is 14.2. The molecule has 0 radical (unpaired) electrons. The number of hydrogen-bond donors (Lipinski definition) is 0. The Bertz CT molecular complexity index is 3440. The second-order valence-electron chi connectivity index (χ2n) is 14.2. The maximum absolute atomic E-state index is 6.45. The SMILES string of the molecule is c1ccc2c(-c3ccc(-n4c5ccccc5c5ccccc54)cc3)nc(-n3c4ccccc4c4cc(-c5cccc6c5oc5ccccc56)ccc43)nc2c1. The molecule has 4 aromatic heterocycles. The summed E-state index contributed by atoms with van der Waals surface area (Å²) in [4.78, 5) is 10.6. The number of fused-ring (bicyclic) bond motifs is 10. The largest absolute Gasteiger partial charge is 0.455 e. The van der Waals surface area contributed by atoms with Crippen LogP contribution in [0.4, 0.5) is 0 Å². The van der Waals surface area contributed by atoms with Gasteiger partial charge in [0.1, 0.15) is 11.2 Å². The van der Waals surface area contributed by atoms with E-state index in [4.69, 9.17) is 14.4 Å². The third-order valence-corrected chi connectivity index (χ3v) is 11.2. The molecule has 8 aromatic carbocycles. The van der Waals surface area contributed by atoms with E-state index in [0.717, 1.165) is 82.7 Å². The summed E-state index contributed by atoms with van der Waals surface area (Å²) in [5, 5.41) is 8.04. The summed E-state index contributed by atoms with van der Waals surface area (Å²) in [5.41, 5.74) is 12.4. The second kappa shape index (κ2) is 11.5. The molecule has 4 heterocycles. The van der Waals surface area contributed by atoms with Crippen LogP contribution in [0.3, 0.4) is 0 Å². The molecule has 0 bridgehead atoms. The topological polar surface area (TPSA) is 48.8 Å². The van der Waals surface area contributed by atoms with Crippen LogP contribution in [-0.2, 0) is 0 Å². The standard InChI is InChI=1S/C50H30N4O/c1-6-19-42-40(16-1)48(31-24-27-33(28-25-31)53-43-20-7-2-12-35(43)36-13-3-8-21-44(36)53)52-50(51-42)54-45-22-9-4-14-37(45)41-30-32(26-29-46(41)54)34-17-11-18-39-38-15-5-10-23-47(38)55-49(34)39/h1-30H. The third-order valence-electron chi connectivity index (χ3n) is 11.2. The van der Waals surface area contributed by atoms with Gasteiger partial charge in [0.05, 0.1) is 33.3 Å². The van der Waals surface area contributed by atoms with Gasteiger partial charge in [0.25, 0.3) is 0 Å². The minimum atomic E-state index is 0.638. The Kier molecular flexibility index (Phi) is 6.27. The summed E-state index contributed by atoms with van der Waals surface area (Å²) >= 11 is 0. The molecule has 0 aliphatic heterocycles. The van der Waals surface area contributed by atoms with Gasteiger partial charge in [-0.3, -0.25) is 4.57 Å². The van der Waals surface area contributed by atoms with Gasteiger partial charge in [-0.2, -0.15) is 0 Å². The lowest BCUT2D eigenvalue weighted by atomic mass is 10.0. The van der Waals surface area contributed by atoms with Gasteiger partial charge < -0.3 is 8.98 Å². The molecule has 0 atom stereocenters. The van der Waals surface area contributed by atoms with Crippen molar-refractivity contribution in [2.45, 2.75) is 0 Å². The lowest BCUT2D eigenvalue weighted by Gasteiger charge is -2.13. The van der Waals surface area contributed by atoms with Crippen molar-refractivity contribution >= 4 is 76.5 Å². The van der Waals surface area contributed by atoms with Gasteiger partial charge >= 0.3 is 0 Å². The van der Waals surface area contributed by atoms with Crippen molar-refractivity contribution in [1.82, 2.24) is 19.1 Å². The Morgan fingerprint density at radius 3 is 1.69 bits per heavy atom. The Hall–Kier alpha value is -7.50. The molecule has 0 fully saturated rings. The molecule has 5 heteroatoms. The van der Waals surface area contributed by atoms with Gasteiger partial charge in [-0.25, -0.2) is 9.97 Å². The van der Waals surface area contributed by atoms with Crippen LogP contribution in [0.25, 0.3) is 110 Å². The van der Waals surface area contributed by atoms with E-state index in [1.54, 1.807) is 0 Å². The average Bonchev–Trinajstić information content (AvgIpc) is 3.91. The van der Waals surface area contributed by atoms with Crippen molar-refractivity contribution in [3.8, 4) is 34.0 Å². The van der Waals surface area contributed by atoms with Crippen LogP contribution in [0.5, 0.6) is 0 Å². The van der Waals surface area contributed by atoms with Crippen molar-refractivity contribution in [1.29, 1.82) is 0 Å². The highest BCUT2D eigenvalue weighted by Crippen LogP contribution is 2.40.